The predicted molar refractivity (Wildman–Crippen MR) is 204 cm³/mol. The van der Waals surface area contributed by atoms with Gasteiger partial charge in [0.05, 0.1) is 11.6 Å². The van der Waals surface area contributed by atoms with Crippen molar-refractivity contribution in [3.63, 3.8) is 0 Å². The second-order valence-corrected chi connectivity index (χ2v) is 12.4. The summed E-state index contributed by atoms with van der Waals surface area (Å²) in [6.45, 7) is 0. The first-order valence-electron chi connectivity index (χ1n) is 16.7. The minimum absolute atomic E-state index is 0.557. The van der Waals surface area contributed by atoms with Gasteiger partial charge in [-0.05, 0) is 69.8 Å². The van der Waals surface area contributed by atoms with E-state index in [1.165, 1.54) is 0 Å². The fraction of sp³-hybridized carbons (Fsp3) is 0. The van der Waals surface area contributed by atoms with E-state index >= 15 is 0 Å². The number of fused-ring (bicyclic) bond motifs is 3. The van der Waals surface area contributed by atoms with E-state index in [1.807, 2.05) is 91.0 Å². The first-order chi connectivity index (χ1) is 25.2. The zero-order valence-electron chi connectivity index (χ0n) is 27.4. The first kappa shape index (κ1) is 29.9. The lowest BCUT2D eigenvalue weighted by Crippen LogP contribution is -2.00. The molecule has 0 aliphatic heterocycles. The Bertz CT molecular complexity index is 2730. The van der Waals surface area contributed by atoms with Gasteiger partial charge in [-0.15, -0.1) is 0 Å². The summed E-state index contributed by atoms with van der Waals surface area (Å²) in [5.41, 5.74) is 11.4. The summed E-state index contributed by atoms with van der Waals surface area (Å²) in [6.07, 6.45) is 0. The second kappa shape index (κ2) is 12.7. The number of furan rings is 1. The molecule has 2 aromatic heterocycles. The lowest BCUT2D eigenvalue weighted by atomic mass is 9.99. The van der Waals surface area contributed by atoms with E-state index in [9.17, 15) is 5.26 Å². The lowest BCUT2D eigenvalue weighted by Gasteiger charge is -2.10. The summed E-state index contributed by atoms with van der Waals surface area (Å²) >= 11 is 0. The third-order valence-electron chi connectivity index (χ3n) is 9.19. The monoisotopic (exact) mass is 652 g/mol. The third-order valence-corrected chi connectivity index (χ3v) is 9.19. The Kier molecular flexibility index (Phi) is 7.46. The SMILES string of the molecule is N#Cc1ccc(-c2ccc(-c3nc(-c4cccc(-c5ccccc5)c4)nc(-c4ccc5c(c4)oc4cccc(-c6ccccc6)c45)n3)cc2)cc1. The standard InChI is InChI=1S/C46H28N4O/c47-29-30-17-19-32(20-18-30)33-21-23-35(24-22-33)44-48-45(37-14-7-13-36(27-37)31-9-3-1-4-10-31)50-46(49-44)38-25-26-40-42(28-38)51-41-16-8-15-39(43(40)41)34-11-5-2-6-12-34/h1-28H. The molecular weight excluding hydrogens is 625 g/mol. The Morgan fingerprint density at radius 2 is 0.902 bits per heavy atom. The maximum atomic E-state index is 9.21. The van der Waals surface area contributed by atoms with E-state index in [2.05, 4.69) is 84.9 Å². The molecule has 7 aromatic carbocycles. The molecule has 0 radical (unpaired) electrons. The van der Waals surface area contributed by atoms with Crippen molar-refractivity contribution in [1.29, 1.82) is 5.26 Å². The molecule has 0 saturated carbocycles. The molecule has 5 heteroatoms. The average Bonchev–Trinajstić information content (AvgIpc) is 3.60. The van der Waals surface area contributed by atoms with Gasteiger partial charge in [0.1, 0.15) is 11.2 Å². The molecular formula is C46H28N4O. The van der Waals surface area contributed by atoms with Crippen LogP contribution < -0.4 is 0 Å². The molecule has 0 spiro atoms. The first-order valence-corrected chi connectivity index (χ1v) is 16.7. The van der Waals surface area contributed by atoms with Crippen molar-refractivity contribution in [3.8, 4) is 73.6 Å². The normalized spacial score (nSPS) is 11.1. The topological polar surface area (TPSA) is 75.6 Å². The number of rotatable bonds is 6. The van der Waals surface area contributed by atoms with Crippen molar-refractivity contribution in [3.05, 3.63) is 175 Å². The molecule has 0 unspecified atom stereocenters. The van der Waals surface area contributed by atoms with E-state index < -0.39 is 0 Å². The van der Waals surface area contributed by atoms with E-state index in [0.29, 0.717) is 23.0 Å². The van der Waals surface area contributed by atoms with Crippen LogP contribution in [-0.2, 0) is 0 Å². The van der Waals surface area contributed by atoms with Gasteiger partial charge < -0.3 is 4.42 Å². The largest absolute Gasteiger partial charge is 0.456 e. The molecule has 0 aliphatic carbocycles. The highest BCUT2D eigenvalue weighted by Gasteiger charge is 2.17. The van der Waals surface area contributed by atoms with Gasteiger partial charge in [-0.25, -0.2) is 15.0 Å². The van der Waals surface area contributed by atoms with Gasteiger partial charge in [-0.2, -0.15) is 5.26 Å². The van der Waals surface area contributed by atoms with E-state index in [1.54, 1.807) is 0 Å². The molecule has 0 fully saturated rings. The van der Waals surface area contributed by atoms with Crippen molar-refractivity contribution in [2.45, 2.75) is 0 Å². The smallest absolute Gasteiger partial charge is 0.164 e. The second-order valence-electron chi connectivity index (χ2n) is 12.4. The molecule has 0 atom stereocenters. The van der Waals surface area contributed by atoms with Crippen molar-refractivity contribution >= 4 is 21.9 Å². The van der Waals surface area contributed by atoms with Crippen molar-refractivity contribution in [2.24, 2.45) is 0 Å². The summed E-state index contributed by atoms with van der Waals surface area (Å²) in [5, 5.41) is 11.3. The zero-order chi connectivity index (χ0) is 34.1. The van der Waals surface area contributed by atoms with Crippen LogP contribution in [0.15, 0.2) is 174 Å². The van der Waals surface area contributed by atoms with Gasteiger partial charge in [0.2, 0.25) is 0 Å². The van der Waals surface area contributed by atoms with Gasteiger partial charge in [0.15, 0.2) is 17.5 Å². The molecule has 5 nitrogen and oxygen atoms in total. The molecule has 0 amide bonds. The molecule has 9 rings (SSSR count). The zero-order valence-corrected chi connectivity index (χ0v) is 27.4. The summed E-state index contributed by atoms with van der Waals surface area (Å²) in [6, 6.07) is 59.3. The maximum absolute atomic E-state index is 9.21. The lowest BCUT2D eigenvalue weighted by molar-refractivity contribution is 0.669. The number of nitriles is 1. The summed E-state index contributed by atoms with van der Waals surface area (Å²) in [5.74, 6) is 1.71. The van der Waals surface area contributed by atoms with Crippen LogP contribution in [-0.4, -0.2) is 15.0 Å². The highest BCUT2D eigenvalue weighted by Crippen LogP contribution is 2.38. The number of benzene rings is 7. The minimum atomic E-state index is 0.557. The summed E-state index contributed by atoms with van der Waals surface area (Å²) in [4.78, 5) is 15.1. The van der Waals surface area contributed by atoms with Gasteiger partial charge >= 0.3 is 0 Å². The van der Waals surface area contributed by atoms with E-state index in [4.69, 9.17) is 19.4 Å². The third kappa shape index (κ3) is 5.71. The fourth-order valence-corrected chi connectivity index (χ4v) is 6.60. The van der Waals surface area contributed by atoms with Crippen LogP contribution in [0.4, 0.5) is 0 Å². The van der Waals surface area contributed by atoms with Crippen LogP contribution in [0, 0.1) is 11.3 Å². The van der Waals surface area contributed by atoms with Crippen LogP contribution in [0.2, 0.25) is 0 Å². The quantitative estimate of drug-likeness (QED) is 0.179. The Balaban J connectivity index is 1.17. The summed E-state index contributed by atoms with van der Waals surface area (Å²) in [7, 11) is 0. The average molecular weight is 653 g/mol. The molecule has 0 saturated heterocycles. The van der Waals surface area contributed by atoms with Crippen molar-refractivity contribution in [2.75, 3.05) is 0 Å². The fourth-order valence-electron chi connectivity index (χ4n) is 6.60. The van der Waals surface area contributed by atoms with Crippen molar-refractivity contribution in [1.82, 2.24) is 15.0 Å². The highest BCUT2D eigenvalue weighted by molar-refractivity contribution is 6.13. The number of aromatic nitrogens is 3. The molecule has 9 aromatic rings. The van der Waals surface area contributed by atoms with E-state index in [-0.39, 0.29) is 0 Å². The highest BCUT2D eigenvalue weighted by atomic mass is 16.3. The molecule has 0 bridgehead atoms. The van der Waals surface area contributed by atoms with Crippen LogP contribution in [0.3, 0.4) is 0 Å². The van der Waals surface area contributed by atoms with Gasteiger partial charge in [-0.1, -0.05) is 133 Å². The number of nitrogens with zero attached hydrogens (tertiary/aromatic N) is 4. The summed E-state index contributed by atoms with van der Waals surface area (Å²) < 4.78 is 6.45. The number of hydrogen-bond donors (Lipinski definition) is 0. The Labute approximate surface area is 294 Å². The molecule has 51 heavy (non-hydrogen) atoms. The number of hydrogen-bond acceptors (Lipinski definition) is 5. The Morgan fingerprint density at radius 3 is 1.59 bits per heavy atom. The predicted octanol–water partition coefficient (Wildman–Crippen LogP) is 11.6. The molecule has 2 heterocycles. The minimum Gasteiger partial charge on any atom is -0.456 e. The van der Waals surface area contributed by atoms with Crippen LogP contribution in [0.1, 0.15) is 5.56 Å². The van der Waals surface area contributed by atoms with Crippen LogP contribution in [0.5, 0.6) is 0 Å². The van der Waals surface area contributed by atoms with E-state index in [0.717, 1.165) is 72.0 Å². The van der Waals surface area contributed by atoms with Crippen molar-refractivity contribution < 1.29 is 4.42 Å². The Hall–Kier alpha value is -7.16. The van der Waals surface area contributed by atoms with Gasteiger partial charge in [-0.3, -0.25) is 0 Å². The van der Waals surface area contributed by atoms with Gasteiger partial charge in [0.25, 0.3) is 0 Å². The van der Waals surface area contributed by atoms with Crippen LogP contribution in [0.25, 0.3) is 89.5 Å². The molecule has 0 aliphatic rings. The maximum Gasteiger partial charge on any atom is 0.164 e. The molecule has 238 valence electrons. The van der Waals surface area contributed by atoms with Gasteiger partial charge in [0, 0.05) is 27.5 Å². The molecule has 0 N–H and O–H groups in total. The van der Waals surface area contributed by atoms with Crippen LogP contribution >= 0.6 is 0 Å². The Morgan fingerprint density at radius 1 is 0.392 bits per heavy atom.